The molecule has 0 amide bonds. The first-order valence-electron chi connectivity index (χ1n) is 9.56. The summed E-state index contributed by atoms with van der Waals surface area (Å²) in [7, 11) is -3.80. The second kappa shape index (κ2) is 7.91. The minimum absolute atomic E-state index is 0.0327. The summed E-state index contributed by atoms with van der Waals surface area (Å²) >= 11 is 0. The zero-order valence-electron chi connectivity index (χ0n) is 16.4. The number of carbonyl (C=O) groups is 2. The van der Waals surface area contributed by atoms with Gasteiger partial charge in [-0.2, -0.15) is 0 Å². The average Bonchev–Trinajstić information content (AvgIpc) is 2.97. The topological polar surface area (TPSA) is 82.4 Å². The smallest absolute Gasteiger partial charge is 0.306 e. The van der Waals surface area contributed by atoms with Gasteiger partial charge in [-0.25, -0.2) is 12.4 Å². The minimum atomic E-state index is -3.80. The molecule has 0 N–H and O–H groups in total. The molecule has 1 aromatic heterocycles. The van der Waals surface area contributed by atoms with Gasteiger partial charge in [-0.15, -0.1) is 0 Å². The molecule has 1 heterocycles. The summed E-state index contributed by atoms with van der Waals surface area (Å²) in [4.78, 5) is 25.2. The van der Waals surface area contributed by atoms with E-state index in [9.17, 15) is 18.0 Å². The van der Waals surface area contributed by atoms with E-state index in [2.05, 4.69) is 0 Å². The number of ether oxygens (including phenoxy) is 1. The Hall–Kier alpha value is -2.41. The first kappa shape index (κ1) is 20.3. The fourth-order valence-corrected chi connectivity index (χ4v) is 5.67. The van der Waals surface area contributed by atoms with Crippen LogP contribution in [0.3, 0.4) is 0 Å². The van der Waals surface area contributed by atoms with Crippen molar-refractivity contribution >= 4 is 21.8 Å². The van der Waals surface area contributed by atoms with Crippen LogP contribution in [0.2, 0.25) is 0 Å². The second-order valence-corrected chi connectivity index (χ2v) is 8.72. The molecule has 1 aliphatic rings. The number of esters is 1. The quantitative estimate of drug-likeness (QED) is 0.691. The van der Waals surface area contributed by atoms with E-state index in [1.807, 2.05) is 6.92 Å². The van der Waals surface area contributed by atoms with Crippen molar-refractivity contribution in [1.29, 1.82) is 0 Å². The molecule has 0 radical (unpaired) electrons. The zero-order chi connectivity index (χ0) is 20.5. The highest BCUT2D eigenvalue weighted by Crippen LogP contribution is 2.36. The first-order chi connectivity index (χ1) is 13.3. The van der Waals surface area contributed by atoms with Crippen molar-refractivity contribution in [2.75, 3.05) is 6.61 Å². The van der Waals surface area contributed by atoms with Gasteiger partial charge in [-0.05, 0) is 50.8 Å². The number of fused-ring (bicyclic) bond motifs is 1. The third-order valence-corrected chi connectivity index (χ3v) is 7.12. The molecular formula is C21H25NO5S. The van der Waals surface area contributed by atoms with Crippen LogP contribution in [0.15, 0.2) is 35.2 Å². The largest absolute Gasteiger partial charge is 0.466 e. The molecule has 1 atom stereocenters. The van der Waals surface area contributed by atoms with Crippen LogP contribution in [-0.4, -0.2) is 30.7 Å². The van der Waals surface area contributed by atoms with E-state index in [4.69, 9.17) is 4.74 Å². The Morgan fingerprint density at radius 3 is 2.50 bits per heavy atom. The highest BCUT2D eigenvalue weighted by Gasteiger charge is 2.37. The van der Waals surface area contributed by atoms with Crippen LogP contribution in [0, 0.1) is 12.8 Å². The molecule has 0 saturated heterocycles. The summed E-state index contributed by atoms with van der Waals surface area (Å²) in [6.07, 6.45) is 1.44. The van der Waals surface area contributed by atoms with E-state index in [0.29, 0.717) is 36.2 Å². The van der Waals surface area contributed by atoms with Crippen molar-refractivity contribution in [3.63, 3.8) is 0 Å². The van der Waals surface area contributed by atoms with E-state index < -0.39 is 21.9 Å². The lowest BCUT2D eigenvalue weighted by atomic mass is 9.82. The van der Waals surface area contributed by atoms with Crippen LogP contribution in [0.1, 0.15) is 54.0 Å². The number of rotatable bonds is 6. The number of ketones is 1. The van der Waals surface area contributed by atoms with Gasteiger partial charge >= 0.3 is 5.97 Å². The van der Waals surface area contributed by atoms with Gasteiger partial charge in [0.15, 0.2) is 5.78 Å². The highest BCUT2D eigenvalue weighted by atomic mass is 32.2. The number of hydrogen-bond donors (Lipinski definition) is 0. The normalized spacial score (nSPS) is 16.7. The SMILES string of the molecule is CCOC(=O)CC1CCc2c(c(CC)c(C)n2S(=O)(=O)c2ccccc2)C1=O. The van der Waals surface area contributed by atoms with E-state index in [1.165, 1.54) is 3.97 Å². The Bertz CT molecular complexity index is 1010. The van der Waals surface area contributed by atoms with Crippen molar-refractivity contribution < 1.29 is 22.7 Å². The van der Waals surface area contributed by atoms with Gasteiger partial charge in [-0.1, -0.05) is 25.1 Å². The predicted molar refractivity (Wildman–Crippen MR) is 105 cm³/mol. The second-order valence-electron chi connectivity index (χ2n) is 6.93. The van der Waals surface area contributed by atoms with Crippen molar-refractivity contribution in [2.24, 2.45) is 5.92 Å². The summed E-state index contributed by atoms with van der Waals surface area (Å²) in [5, 5.41) is 0. The Labute approximate surface area is 165 Å². The van der Waals surface area contributed by atoms with Gasteiger partial charge in [0, 0.05) is 22.9 Å². The first-order valence-corrected chi connectivity index (χ1v) is 11.0. The minimum Gasteiger partial charge on any atom is -0.466 e. The summed E-state index contributed by atoms with van der Waals surface area (Å²) in [6, 6.07) is 8.23. The molecule has 0 fully saturated rings. The predicted octanol–water partition coefficient (Wildman–Crippen LogP) is 3.29. The zero-order valence-corrected chi connectivity index (χ0v) is 17.2. The third kappa shape index (κ3) is 3.39. The summed E-state index contributed by atoms with van der Waals surface area (Å²) in [6.45, 7) is 5.65. The number of carbonyl (C=O) groups excluding carboxylic acids is 2. The maximum Gasteiger partial charge on any atom is 0.306 e. The van der Waals surface area contributed by atoms with Gasteiger partial charge in [0.1, 0.15) is 0 Å². The summed E-state index contributed by atoms with van der Waals surface area (Å²) < 4.78 is 32.9. The van der Waals surface area contributed by atoms with Crippen LogP contribution >= 0.6 is 0 Å². The number of nitrogens with zero attached hydrogens (tertiary/aromatic N) is 1. The molecule has 0 aliphatic heterocycles. The molecule has 0 spiro atoms. The van der Waals surface area contributed by atoms with E-state index in [1.54, 1.807) is 44.2 Å². The van der Waals surface area contributed by atoms with Crippen LogP contribution in [0.25, 0.3) is 0 Å². The van der Waals surface area contributed by atoms with Crippen LogP contribution in [0.4, 0.5) is 0 Å². The molecule has 7 heteroatoms. The van der Waals surface area contributed by atoms with Gasteiger partial charge in [0.05, 0.1) is 17.9 Å². The van der Waals surface area contributed by atoms with Crippen molar-refractivity contribution in [3.8, 4) is 0 Å². The van der Waals surface area contributed by atoms with Crippen LogP contribution in [0.5, 0.6) is 0 Å². The maximum atomic E-state index is 13.3. The average molecular weight is 404 g/mol. The molecule has 6 nitrogen and oxygen atoms in total. The molecule has 2 aromatic rings. The third-order valence-electron chi connectivity index (χ3n) is 5.28. The molecule has 28 heavy (non-hydrogen) atoms. The van der Waals surface area contributed by atoms with E-state index in [-0.39, 0.29) is 23.7 Å². The van der Waals surface area contributed by atoms with Crippen LogP contribution < -0.4 is 0 Å². The highest BCUT2D eigenvalue weighted by molar-refractivity contribution is 7.90. The lowest BCUT2D eigenvalue weighted by molar-refractivity contribution is -0.144. The lowest BCUT2D eigenvalue weighted by Gasteiger charge is -2.22. The Balaban J connectivity index is 2.09. The summed E-state index contributed by atoms with van der Waals surface area (Å²) in [5.74, 6) is -1.02. The molecule has 1 aromatic carbocycles. The van der Waals surface area contributed by atoms with Crippen molar-refractivity contribution in [3.05, 3.63) is 52.8 Å². The molecule has 1 aliphatic carbocycles. The van der Waals surface area contributed by atoms with Gasteiger partial charge < -0.3 is 4.74 Å². The number of benzene rings is 1. The van der Waals surface area contributed by atoms with E-state index in [0.717, 1.165) is 5.56 Å². The van der Waals surface area contributed by atoms with Crippen molar-refractivity contribution in [2.45, 2.75) is 51.3 Å². The molecular weight excluding hydrogens is 378 g/mol. The fourth-order valence-electron chi connectivity index (χ4n) is 4.02. The number of hydrogen-bond acceptors (Lipinski definition) is 5. The summed E-state index contributed by atoms with van der Waals surface area (Å²) in [5.41, 5.74) is 2.32. The lowest BCUT2D eigenvalue weighted by Crippen LogP contribution is -2.28. The molecule has 3 rings (SSSR count). The Kier molecular flexibility index (Phi) is 5.74. The Morgan fingerprint density at radius 2 is 1.89 bits per heavy atom. The monoisotopic (exact) mass is 403 g/mol. The van der Waals surface area contributed by atoms with Gasteiger partial charge in [0.2, 0.25) is 0 Å². The fraction of sp³-hybridized carbons (Fsp3) is 0.429. The van der Waals surface area contributed by atoms with Gasteiger partial charge in [-0.3, -0.25) is 9.59 Å². The van der Waals surface area contributed by atoms with Crippen LogP contribution in [-0.2, 0) is 32.4 Å². The van der Waals surface area contributed by atoms with Crippen molar-refractivity contribution in [1.82, 2.24) is 3.97 Å². The standard InChI is InChI=1S/C21H25NO5S/c1-4-17-14(3)22(28(25,26)16-9-7-6-8-10-16)18-12-11-15(21(24)20(17)18)13-19(23)27-5-2/h6-10,15H,4-5,11-13H2,1-3H3. The molecule has 150 valence electrons. The number of Topliss-reactive ketones (excluding diaryl/α,β-unsaturated/α-hetero) is 1. The molecule has 0 bridgehead atoms. The maximum absolute atomic E-state index is 13.3. The molecule has 1 unspecified atom stereocenters. The molecule has 0 saturated carbocycles. The number of aromatic nitrogens is 1. The van der Waals surface area contributed by atoms with Gasteiger partial charge in [0.25, 0.3) is 10.0 Å². The Morgan fingerprint density at radius 1 is 1.21 bits per heavy atom. The van der Waals surface area contributed by atoms with E-state index >= 15 is 0 Å².